The number of hydrogen-bond donors (Lipinski definition) is 0. The van der Waals surface area contributed by atoms with Gasteiger partial charge < -0.3 is 9.47 Å². The Labute approximate surface area is 170 Å². The maximum Gasteiger partial charge on any atom is 0.397 e. The fourth-order valence-electron chi connectivity index (χ4n) is 3.72. The molecule has 1 saturated heterocycles. The van der Waals surface area contributed by atoms with E-state index in [-0.39, 0.29) is 16.3 Å². The Hall–Kier alpha value is -2.34. The molecule has 3 nitrogen and oxygen atoms in total. The summed E-state index contributed by atoms with van der Waals surface area (Å²) >= 11 is 12.3. The Kier molecular flexibility index (Phi) is 3.85. The van der Waals surface area contributed by atoms with Crippen molar-refractivity contribution in [3.63, 3.8) is 0 Å². The average Bonchev–Trinajstić information content (AvgIpc) is 2.88. The minimum absolute atomic E-state index is 0.101. The molecule has 0 aliphatic carbocycles. The number of nitrogens with zero attached hydrogens (tertiary/aromatic N) is 1. The zero-order valence-corrected chi connectivity index (χ0v) is 15.8. The molecule has 0 radical (unpaired) electrons. The van der Waals surface area contributed by atoms with E-state index in [0.29, 0.717) is 16.3 Å². The maximum absolute atomic E-state index is 16.0. The lowest BCUT2D eigenvalue weighted by molar-refractivity contribution is -0.280. The number of ether oxygens (including phenoxy) is 2. The first-order valence-electron chi connectivity index (χ1n) is 8.57. The Morgan fingerprint density at radius 3 is 2.36 bits per heavy atom. The average molecular weight is 420 g/mol. The van der Waals surface area contributed by atoms with Gasteiger partial charge in [0.15, 0.2) is 6.23 Å². The number of rotatable bonds is 2. The zero-order valence-electron chi connectivity index (χ0n) is 14.3. The molecule has 142 valence electrons. The van der Waals surface area contributed by atoms with Crippen molar-refractivity contribution in [2.45, 2.75) is 18.1 Å². The van der Waals surface area contributed by atoms with Crippen LogP contribution in [0, 0.1) is 0 Å². The van der Waals surface area contributed by atoms with Gasteiger partial charge in [0.25, 0.3) is 0 Å². The van der Waals surface area contributed by atoms with Gasteiger partial charge in [-0.05, 0) is 24.3 Å². The predicted octanol–water partition coefficient (Wildman–Crippen LogP) is 6.37. The number of para-hydroxylation sites is 1. The minimum Gasteiger partial charge on any atom is -0.450 e. The highest BCUT2D eigenvalue weighted by Gasteiger charge is 2.73. The lowest BCUT2D eigenvalue weighted by atomic mass is 10.0. The molecule has 7 heteroatoms. The van der Waals surface area contributed by atoms with Crippen LogP contribution in [-0.4, -0.2) is 6.05 Å². The Bertz CT molecular complexity index is 1060. The van der Waals surface area contributed by atoms with Crippen molar-refractivity contribution in [2.75, 3.05) is 4.90 Å². The molecular weight excluding hydrogens is 407 g/mol. The van der Waals surface area contributed by atoms with Crippen molar-refractivity contribution < 1.29 is 18.3 Å². The van der Waals surface area contributed by atoms with Gasteiger partial charge in [-0.1, -0.05) is 71.7 Å². The smallest absolute Gasteiger partial charge is 0.397 e. The van der Waals surface area contributed by atoms with E-state index < -0.39 is 18.1 Å². The molecule has 0 saturated carbocycles. The van der Waals surface area contributed by atoms with E-state index in [2.05, 4.69) is 0 Å². The highest BCUT2D eigenvalue weighted by molar-refractivity contribution is 6.36. The largest absolute Gasteiger partial charge is 0.450 e. The normalized spacial score (nSPS) is 24.6. The summed E-state index contributed by atoms with van der Waals surface area (Å²) in [5.41, 5.74) is 0.823. The second kappa shape index (κ2) is 6.08. The van der Waals surface area contributed by atoms with Crippen LogP contribution in [0.5, 0.6) is 5.75 Å². The third-order valence-corrected chi connectivity index (χ3v) is 5.51. The van der Waals surface area contributed by atoms with Crippen molar-refractivity contribution in [3.8, 4) is 5.75 Å². The van der Waals surface area contributed by atoms with Gasteiger partial charge in [0.05, 0.1) is 10.7 Å². The number of halogens is 4. The summed E-state index contributed by atoms with van der Waals surface area (Å²) in [4.78, 5) is 0.866. The summed E-state index contributed by atoms with van der Waals surface area (Å²) in [5.74, 6) is -1.97. The number of fused-ring (bicyclic) bond motifs is 4. The Morgan fingerprint density at radius 1 is 0.893 bits per heavy atom. The minimum atomic E-state index is -3.56. The first-order valence-corrected chi connectivity index (χ1v) is 9.33. The quantitative estimate of drug-likeness (QED) is 0.450. The second-order valence-electron chi connectivity index (χ2n) is 6.60. The molecule has 1 fully saturated rings. The molecule has 2 aliphatic heterocycles. The summed E-state index contributed by atoms with van der Waals surface area (Å²) in [6.07, 6.45) is -1.08. The van der Waals surface area contributed by atoms with E-state index in [1.165, 1.54) is 18.2 Å². The summed E-state index contributed by atoms with van der Waals surface area (Å²) in [5, 5.41) is 0.457. The van der Waals surface area contributed by atoms with Gasteiger partial charge in [-0.25, -0.2) is 0 Å². The van der Waals surface area contributed by atoms with Crippen LogP contribution in [0.1, 0.15) is 17.4 Å². The van der Waals surface area contributed by atoms with Crippen LogP contribution in [0.25, 0.3) is 0 Å². The molecule has 0 spiro atoms. The maximum atomic E-state index is 16.0. The van der Waals surface area contributed by atoms with Crippen molar-refractivity contribution in [3.05, 3.63) is 94.0 Å². The van der Waals surface area contributed by atoms with Gasteiger partial charge in [-0.3, -0.25) is 4.90 Å². The van der Waals surface area contributed by atoms with Crippen LogP contribution in [-0.2, 0) is 10.5 Å². The van der Waals surface area contributed by atoms with Crippen LogP contribution in [0.4, 0.5) is 14.5 Å². The summed E-state index contributed by atoms with van der Waals surface area (Å²) in [6, 6.07) is 15.9. The van der Waals surface area contributed by atoms with Gasteiger partial charge in [0, 0.05) is 16.1 Å². The molecule has 3 aromatic rings. The molecule has 0 amide bonds. The van der Waals surface area contributed by atoms with Crippen molar-refractivity contribution in [1.82, 2.24) is 0 Å². The number of anilines is 1. The highest BCUT2D eigenvalue weighted by atomic mass is 35.5. The monoisotopic (exact) mass is 419 g/mol. The summed E-state index contributed by atoms with van der Waals surface area (Å²) < 4.78 is 43.8. The first kappa shape index (κ1) is 17.7. The third kappa shape index (κ3) is 2.30. The molecule has 2 unspecified atom stereocenters. The van der Waals surface area contributed by atoms with Gasteiger partial charge >= 0.3 is 11.8 Å². The van der Waals surface area contributed by atoms with Crippen LogP contribution in [0.2, 0.25) is 10.0 Å². The summed E-state index contributed by atoms with van der Waals surface area (Å²) in [6.45, 7) is 0. The number of alkyl halides is 2. The van der Waals surface area contributed by atoms with E-state index >= 15 is 8.78 Å². The van der Waals surface area contributed by atoms with E-state index in [0.717, 1.165) is 4.90 Å². The fourth-order valence-corrected chi connectivity index (χ4v) is 4.22. The van der Waals surface area contributed by atoms with Gasteiger partial charge in [-0.2, -0.15) is 8.78 Å². The molecule has 0 N–H and O–H groups in total. The van der Waals surface area contributed by atoms with Crippen LogP contribution in [0.3, 0.4) is 0 Å². The lowest BCUT2D eigenvalue weighted by Gasteiger charge is -2.36. The fraction of sp³-hybridized carbons (Fsp3) is 0.143. The van der Waals surface area contributed by atoms with Crippen LogP contribution >= 0.6 is 23.2 Å². The molecule has 2 aliphatic rings. The van der Waals surface area contributed by atoms with E-state index in [9.17, 15) is 0 Å². The number of hydrogen-bond acceptors (Lipinski definition) is 3. The highest BCUT2D eigenvalue weighted by Crippen LogP contribution is 2.62. The molecule has 2 heterocycles. The third-order valence-electron chi connectivity index (χ3n) is 4.97. The predicted molar refractivity (Wildman–Crippen MR) is 103 cm³/mol. The molecule has 28 heavy (non-hydrogen) atoms. The standard InChI is InChI=1S/C21H13Cl2F2NO2/c22-14-10-11-17(16(23)12-14)26-19-15-8-4-5-9-18(15)27-20(28-19,21(26,24)25)13-6-2-1-3-7-13/h1-12,19H. The molecule has 2 bridgehead atoms. The molecule has 0 aromatic heterocycles. The summed E-state index contributed by atoms with van der Waals surface area (Å²) in [7, 11) is 0. The second-order valence-corrected chi connectivity index (χ2v) is 7.44. The Morgan fingerprint density at radius 2 is 1.61 bits per heavy atom. The topological polar surface area (TPSA) is 21.7 Å². The van der Waals surface area contributed by atoms with E-state index in [4.69, 9.17) is 32.7 Å². The van der Waals surface area contributed by atoms with Gasteiger partial charge in [0.1, 0.15) is 5.75 Å². The SMILES string of the molecule is FC1(F)N(c2ccc(Cl)cc2Cl)C2OC1(c1ccccc1)Oc1ccccc12. The molecular formula is C21H13Cl2F2NO2. The zero-order chi connectivity index (χ0) is 19.5. The number of benzene rings is 3. The van der Waals surface area contributed by atoms with Gasteiger partial charge in [-0.15, -0.1) is 0 Å². The van der Waals surface area contributed by atoms with Crippen molar-refractivity contribution in [2.24, 2.45) is 0 Å². The van der Waals surface area contributed by atoms with Crippen molar-refractivity contribution >= 4 is 28.9 Å². The van der Waals surface area contributed by atoms with Crippen molar-refractivity contribution in [1.29, 1.82) is 0 Å². The van der Waals surface area contributed by atoms with Gasteiger partial charge in [0.2, 0.25) is 0 Å². The van der Waals surface area contributed by atoms with E-state index in [1.54, 1.807) is 54.6 Å². The van der Waals surface area contributed by atoms with E-state index in [1.807, 2.05) is 0 Å². The molecule has 3 aromatic carbocycles. The van der Waals surface area contributed by atoms with Crippen LogP contribution in [0.15, 0.2) is 72.8 Å². The molecule has 5 rings (SSSR count). The Balaban J connectivity index is 1.77. The first-order chi connectivity index (χ1) is 13.4. The lowest BCUT2D eigenvalue weighted by Crippen LogP contribution is -2.53. The van der Waals surface area contributed by atoms with Crippen LogP contribution < -0.4 is 9.64 Å². The molecule has 2 atom stereocenters.